The third-order valence-corrected chi connectivity index (χ3v) is 3.55. The summed E-state index contributed by atoms with van der Waals surface area (Å²) in [5.41, 5.74) is 0.594. The number of hydrogen-bond donors (Lipinski definition) is 0. The minimum Gasteiger partial charge on any atom is -0.379 e. The van der Waals surface area contributed by atoms with Crippen molar-refractivity contribution in [3.05, 3.63) is 70.1 Å². The Balaban J connectivity index is 2.14. The highest BCUT2D eigenvalue weighted by Gasteiger charge is 2.10. The summed E-state index contributed by atoms with van der Waals surface area (Å²) >= 11 is 5.70. The zero-order valence-electron chi connectivity index (χ0n) is 10.5. The van der Waals surface area contributed by atoms with Crippen LogP contribution in [0.2, 0.25) is 5.02 Å². The largest absolute Gasteiger partial charge is 0.379 e. The first kappa shape index (κ1) is 15.5. The summed E-state index contributed by atoms with van der Waals surface area (Å²) in [6.07, 6.45) is 1.30. The van der Waals surface area contributed by atoms with Crippen LogP contribution in [0.25, 0.3) is 6.08 Å². The SMILES string of the molecule is O=S(=O)(C=Cc1ccc(Cl)cc1)Oc1ccc(F)c(F)c1. The van der Waals surface area contributed by atoms with Crippen LogP contribution in [0.1, 0.15) is 5.56 Å². The summed E-state index contributed by atoms with van der Waals surface area (Å²) in [5.74, 6) is -2.59. The van der Waals surface area contributed by atoms with Crippen LogP contribution < -0.4 is 4.18 Å². The first-order valence-electron chi connectivity index (χ1n) is 5.69. The second-order valence-electron chi connectivity index (χ2n) is 4.01. The molecule has 0 heterocycles. The van der Waals surface area contributed by atoms with Gasteiger partial charge in [0.05, 0.1) is 5.41 Å². The Morgan fingerprint density at radius 2 is 1.67 bits per heavy atom. The first-order chi connectivity index (χ1) is 9.85. The Hall–Kier alpha value is -1.92. The topological polar surface area (TPSA) is 43.4 Å². The van der Waals surface area contributed by atoms with Crippen LogP contribution in [0.4, 0.5) is 8.78 Å². The molecule has 3 nitrogen and oxygen atoms in total. The summed E-state index contributed by atoms with van der Waals surface area (Å²) in [4.78, 5) is 0. The minimum absolute atomic E-state index is 0.311. The summed E-state index contributed by atoms with van der Waals surface area (Å²) < 4.78 is 53.7. The van der Waals surface area contributed by atoms with E-state index in [1.54, 1.807) is 24.3 Å². The van der Waals surface area contributed by atoms with Crippen LogP contribution in [-0.4, -0.2) is 8.42 Å². The molecule has 0 atom stereocenters. The van der Waals surface area contributed by atoms with Gasteiger partial charge < -0.3 is 4.18 Å². The summed E-state index contributed by atoms with van der Waals surface area (Å²) in [5, 5.41) is 1.34. The molecule has 2 aromatic rings. The average molecular weight is 331 g/mol. The molecule has 0 spiro atoms. The highest BCUT2D eigenvalue weighted by atomic mass is 35.5. The fourth-order valence-corrected chi connectivity index (χ4v) is 2.30. The maximum absolute atomic E-state index is 13.0. The molecule has 0 amide bonds. The number of hydrogen-bond acceptors (Lipinski definition) is 3. The van der Waals surface area contributed by atoms with Gasteiger partial charge >= 0.3 is 10.1 Å². The van der Waals surface area contributed by atoms with E-state index in [4.69, 9.17) is 11.6 Å². The van der Waals surface area contributed by atoms with E-state index < -0.39 is 21.8 Å². The molecule has 7 heteroatoms. The Labute approximate surface area is 125 Å². The average Bonchev–Trinajstić information content (AvgIpc) is 2.42. The molecule has 0 aliphatic carbocycles. The lowest BCUT2D eigenvalue weighted by molar-refractivity contribution is 0.479. The molecule has 0 N–H and O–H groups in total. The van der Waals surface area contributed by atoms with E-state index in [2.05, 4.69) is 4.18 Å². The smallest absolute Gasteiger partial charge is 0.332 e. The van der Waals surface area contributed by atoms with Crippen molar-refractivity contribution in [3.8, 4) is 5.75 Å². The normalized spacial score (nSPS) is 11.8. The summed E-state index contributed by atoms with van der Waals surface area (Å²) in [7, 11) is -4.08. The molecule has 0 aromatic heterocycles. The van der Waals surface area contributed by atoms with Gasteiger partial charge in [-0.1, -0.05) is 23.7 Å². The van der Waals surface area contributed by atoms with E-state index in [9.17, 15) is 17.2 Å². The van der Waals surface area contributed by atoms with Crippen molar-refractivity contribution in [2.45, 2.75) is 0 Å². The molecular formula is C14H9ClF2O3S. The van der Waals surface area contributed by atoms with E-state index in [0.717, 1.165) is 17.5 Å². The maximum Gasteiger partial charge on any atom is 0.332 e. The van der Waals surface area contributed by atoms with Gasteiger partial charge in [0, 0.05) is 11.1 Å². The quantitative estimate of drug-likeness (QED) is 0.796. The van der Waals surface area contributed by atoms with E-state index >= 15 is 0 Å². The van der Waals surface area contributed by atoms with Gasteiger partial charge in [0.25, 0.3) is 0 Å². The molecule has 2 aromatic carbocycles. The second kappa shape index (κ2) is 6.24. The molecular weight excluding hydrogens is 322 g/mol. The molecule has 0 aliphatic heterocycles. The highest BCUT2D eigenvalue weighted by molar-refractivity contribution is 7.90. The molecule has 0 bridgehead atoms. The molecule has 0 saturated carbocycles. The zero-order chi connectivity index (χ0) is 15.5. The molecule has 0 aliphatic rings. The zero-order valence-corrected chi connectivity index (χ0v) is 12.0. The predicted molar refractivity (Wildman–Crippen MR) is 76.4 cm³/mol. The van der Waals surface area contributed by atoms with Crippen molar-refractivity contribution in [3.63, 3.8) is 0 Å². The maximum atomic E-state index is 13.0. The van der Waals surface area contributed by atoms with Gasteiger partial charge in [-0.05, 0) is 35.9 Å². The third kappa shape index (κ3) is 4.54. The standard InChI is InChI=1S/C14H9ClF2O3S/c15-11-3-1-10(2-4-11)7-8-21(18,19)20-12-5-6-13(16)14(17)9-12/h1-9H. The number of rotatable bonds is 4. The van der Waals surface area contributed by atoms with E-state index in [1.807, 2.05) is 0 Å². The van der Waals surface area contributed by atoms with Gasteiger partial charge in [-0.2, -0.15) is 8.42 Å². The van der Waals surface area contributed by atoms with Crippen LogP contribution >= 0.6 is 11.6 Å². The van der Waals surface area contributed by atoms with E-state index in [0.29, 0.717) is 16.7 Å². The second-order valence-corrected chi connectivity index (χ2v) is 5.87. The van der Waals surface area contributed by atoms with Crippen molar-refractivity contribution >= 4 is 27.8 Å². The van der Waals surface area contributed by atoms with Gasteiger partial charge in [0.15, 0.2) is 11.6 Å². The molecule has 110 valence electrons. The Bertz CT molecular complexity index is 771. The van der Waals surface area contributed by atoms with Gasteiger partial charge in [-0.25, -0.2) is 8.78 Å². The fraction of sp³-hybridized carbons (Fsp3) is 0. The lowest BCUT2D eigenvalue weighted by Crippen LogP contribution is -2.05. The monoisotopic (exact) mass is 330 g/mol. The Morgan fingerprint density at radius 3 is 2.29 bits per heavy atom. The fourth-order valence-electron chi connectivity index (χ4n) is 1.43. The van der Waals surface area contributed by atoms with Crippen molar-refractivity contribution in [1.82, 2.24) is 0 Å². The van der Waals surface area contributed by atoms with Gasteiger partial charge in [0.1, 0.15) is 5.75 Å². The Morgan fingerprint density at radius 1 is 1.00 bits per heavy atom. The Kier molecular flexibility index (Phi) is 4.59. The lowest BCUT2D eigenvalue weighted by Gasteiger charge is -2.03. The molecule has 0 unspecified atom stereocenters. The summed E-state index contributed by atoms with van der Waals surface area (Å²) in [6.45, 7) is 0. The van der Waals surface area contributed by atoms with E-state index in [1.165, 1.54) is 6.08 Å². The van der Waals surface area contributed by atoms with Crippen LogP contribution in [0.5, 0.6) is 5.75 Å². The molecule has 0 saturated heterocycles. The van der Waals surface area contributed by atoms with E-state index in [-0.39, 0.29) is 5.75 Å². The van der Waals surface area contributed by atoms with Crippen molar-refractivity contribution in [2.75, 3.05) is 0 Å². The van der Waals surface area contributed by atoms with Crippen molar-refractivity contribution < 1.29 is 21.4 Å². The van der Waals surface area contributed by atoms with Crippen molar-refractivity contribution in [1.29, 1.82) is 0 Å². The molecule has 0 radical (unpaired) electrons. The minimum atomic E-state index is -4.08. The lowest BCUT2D eigenvalue weighted by atomic mass is 10.2. The van der Waals surface area contributed by atoms with Crippen LogP contribution in [0.3, 0.4) is 0 Å². The van der Waals surface area contributed by atoms with Crippen molar-refractivity contribution in [2.24, 2.45) is 0 Å². The number of halogens is 3. The first-order valence-corrected chi connectivity index (χ1v) is 7.54. The van der Waals surface area contributed by atoms with Gasteiger partial charge in [-0.15, -0.1) is 0 Å². The predicted octanol–water partition coefficient (Wildman–Crippen LogP) is 4.00. The molecule has 21 heavy (non-hydrogen) atoms. The van der Waals surface area contributed by atoms with Gasteiger partial charge in [-0.3, -0.25) is 0 Å². The highest BCUT2D eigenvalue weighted by Crippen LogP contribution is 2.18. The third-order valence-electron chi connectivity index (χ3n) is 2.40. The molecule has 2 rings (SSSR count). The summed E-state index contributed by atoms with van der Waals surface area (Å²) in [6, 6.07) is 8.89. The van der Waals surface area contributed by atoms with Crippen LogP contribution in [0, 0.1) is 11.6 Å². The molecule has 0 fully saturated rings. The van der Waals surface area contributed by atoms with Crippen LogP contribution in [-0.2, 0) is 10.1 Å². The van der Waals surface area contributed by atoms with Crippen LogP contribution in [0.15, 0.2) is 47.9 Å². The van der Waals surface area contributed by atoms with Gasteiger partial charge in [0.2, 0.25) is 0 Å². The number of benzene rings is 2.